The van der Waals surface area contributed by atoms with Gasteiger partial charge in [0, 0.05) is 23.9 Å². The topological polar surface area (TPSA) is 79.4 Å². The van der Waals surface area contributed by atoms with Crippen molar-refractivity contribution < 1.29 is 10.2 Å². The van der Waals surface area contributed by atoms with E-state index in [1.165, 1.54) is 0 Å². The fourth-order valence-corrected chi connectivity index (χ4v) is 1.49. The maximum atomic E-state index is 9.91. The Morgan fingerprint density at radius 2 is 1.75 bits per heavy atom. The summed E-state index contributed by atoms with van der Waals surface area (Å²) in [5.74, 6) is 0.272. The Hall–Kier alpha value is -2.07. The van der Waals surface area contributed by atoms with Gasteiger partial charge >= 0.3 is 0 Å². The van der Waals surface area contributed by atoms with Gasteiger partial charge in [-0.3, -0.25) is 4.98 Å². The summed E-state index contributed by atoms with van der Waals surface area (Å²) in [5.41, 5.74) is 7.36. The third-order valence-corrected chi connectivity index (χ3v) is 2.37. The Balaban J connectivity index is 2.51. The fraction of sp³-hybridized carbons (Fsp3) is 0.0833. The van der Waals surface area contributed by atoms with E-state index in [4.69, 9.17) is 5.73 Å². The van der Waals surface area contributed by atoms with Crippen LogP contribution >= 0.6 is 0 Å². The van der Waals surface area contributed by atoms with Gasteiger partial charge in [0.05, 0.1) is 0 Å². The first-order chi connectivity index (χ1) is 7.72. The van der Waals surface area contributed by atoms with Crippen LogP contribution in [0.15, 0.2) is 36.5 Å². The molecule has 82 valence electrons. The van der Waals surface area contributed by atoms with Crippen LogP contribution in [0.4, 0.5) is 0 Å². The highest BCUT2D eigenvalue weighted by Gasteiger charge is 2.09. The van der Waals surface area contributed by atoms with Crippen LogP contribution in [0.5, 0.6) is 11.5 Å². The first-order valence-electron chi connectivity index (χ1n) is 4.88. The minimum Gasteiger partial charge on any atom is -0.508 e. The minimum atomic E-state index is 0.0932. The van der Waals surface area contributed by atoms with E-state index < -0.39 is 0 Å². The summed E-state index contributed by atoms with van der Waals surface area (Å²) in [6.45, 7) is 0.263. The number of aromatic nitrogens is 1. The summed E-state index contributed by atoms with van der Waals surface area (Å²) in [5, 5.41) is 19.1. The zero-order valence-corrected chi connectivity index (χ0v) is 8.59. The number of hydrogen-bond donors (Lipinski definition) is 3. The van der Waals surface area contributed by atoms with Gasteiger partial charge in [0.2, 0.25) is 0 Å². The molecule has 0 amide bonds. The Labute approximate surface area is 93.0 Å². The highest BCUT2D eigenvalue weighted by atomic mass is 16.3. The van der Waals surface area contributed by atoms with Gasteiger partial charge in [0.1, 0.15) is 17.2 Å². The molecule has 0 unspecified atom stereocenters. The van der Waals surface area contributed by atoms with Gasteiger partial charge in [-0.1, -0.05) is 0 Å². The monoisotopic (exact) mass is 216 g/mol. The standard InChI is InChI=1S/C12H12N2O2/c13-7-9-5-6-14-11(12(9)16)8-1-3-10(15)4-2-8/h1-6,15-16H,7,13H2. The summed E-state index contributed by atoms with van der Waals surface area (Å²) < 4.78 is 0. The van der Waals surface area contributed by atoms with E-state index in [1.807, 2.05) is 0 Å². The van der Waals surface area contributed by atoms with E-state index in [9.17, 15) is 10.2 Å². The molecular formula is C12H12N2O2. The van der Waals surface area contributed by atoms with E-state index in [0.717, 1.165) is 5.56 Å². The molecule has 1 aromatic carbocycles. The molecule has 16 heavy (non-hydrogen) atoms. The number of phenolic OH excluding ortho intramolecular Hbond substituents is 1. The molecule has 2 rings (SSSR count). The van der Waals surface area contributed by atoms with Gasteiger partial charge in [-0.15, -0.1) is 0 Å². The van der Waals surface area contributed by atoms with E-state index in [-0.39, 0.29) is 18.0 Å². The summed E-state index contributed by atoms with van der Waals surface area (Å²) in [4.78, 5) is 4.10. The number of hydrogen-bond acceptors (Lipinski definition) is 4. The second kappa shape index (κ2) is 4.20. The molecule has 0 saturated carbocycles. The Morgan fingerprint density at radius 1 is 1.06 bits per heavy atom. The second-order valence-corrected chi connectivity index (χ2v) is 3.42. The zero-order valence-electron chi connectivity index (χ0n) is 8.59. The normalized spacial score (nSPS) is 10.3. The Morgan fingerprint density at radius 3 is 2.38 bits per heavy atom. The molecule has 0 bridgehead atoms. The number of benzene rings is 1. The number of rotatable bonds is 2. The molecule has 2 aromatic rings. The molecule has 0 saturated heterocycles. The Bertz CT molecular complexity index is 495. The van der Waals surface area contributed by atoms with Gasteiger partial charge in [0.15, 0.2) is 0 Å². The van der Waals surface area contributed by atoms with Gasteiger partial charge in [0.25, 0.3) is 0 Å². The van der Waals surface area contributed by atoms with E-state index >= 15 is 0 Å². The molecule has 0 fully saturated rings. The molecule has 4 nitrogen and oxygen atoms in total. The highest BCUT2D eigenvalue weighted by molar-refractivity contribution is 5.67. The average molecular weight is 216 g/mol. The van der Waals surface area contributed by atoms with Gasteiger partial charge < -0.3 is 15.9 Å². The van der Waals surface area contributed by atoms with Gasteiger partial charge in [-0.25, -0.2) is 0 Å². The smallest absolute Gasteiger partial charge is 0.146 e. The molecule has 0 atom stereocenters. The van der Waals surface area contributed by atoms with Crippen molar-refractivity contribution in [1.82, 2.24) is 4.98 Å². The van der Waals surface area contributed by atoms with Crippen LogP contribution in [-0.4, -0.2) is 15.2 Å². The van der Waals surface area contributed by atoms with Crippen molar-refractivity contribution in [2.24, 2.45) is 5.73 Å². The van der Waals surface area contributed by atoms with Crippen LogP contribution in [0.25, 0.3) is 11.3 Å². The first kappa shape index (κ1) is 10.4. The van der Waals surface area contributed by atoms with Crippen molar-refractivity contribution in [3.05, 3.63) is 42.1 Å². The lowest BCUT2D eigenvalue weighted by Gasteiger charge is -2.07. The molecule has 0 spiro atoms. The molecular weight excluding hydrogens is 204 g/mol. The second-order valence-electron chi connectivity index (χ2n) is 3.42. The van der Waals surface area contributed by atoms with Crippen molar-refractivity contribution in [2.45, 2.75) is 6.54 Å². The van der Waals surface area contributed by atoms with Crippen molar-refractivity contribution >= 4 is 0 Å². The number of pyridine rings is 1. The third-order valence-electron chi connectivity index (χ3n) is 2.37. The summed E-state index contributed by atoms with van der Waals surface area (Å²) >= 11 is 0. The SMILES string of the molecule is NCc1ccnc(-c2ccc(O)cc2)c1O. The molecule has 4 N–H and O–H groups in total. The third kappa shape index (κ3) is 1.83. The van der Waals surface area contributed by atoms with Gasteiger partial charge in [-0.2, -0.15) is 0 Å². The number of nitrogens with two attached hydrogens (primary N) is 1. The molecule has 4 heteroatoms. The van der Waals surface area contributed by atoms with E-state index in [0.29, 0.717) is 11.3 Å². The highest BCUT2D eigenvalue weighted by Crippen LogP contribution is 2.30. The first-order valence-corrected chi connectivity index (χ1v) is 4.88. The molecule has 0 aliphatic heterocycles. The largest absolute Gasteiger partial charge is 0.508 e. The van der Waals surface area contributed by atoms with Crippen LogP contribution in [0.2, 0.25) is 0 Å². The van der Waals surface area contributed by atoms with Crippen LogP contribution in [0.1, 0.15) is 5.56 Å². The number of phenols is 1. The zero-order chi connectivity index (χ0) is 11.5. The van der Waals surface area contributed by atoms with Crippen molar-refractivity contribution in [3.8, 4) is 22.8 Å². The molecule has 0 aliphatic carbocycles. The lowest BCUT2D eigenvalue weighted by molar-refractivity contribution is 0.467. The predicted molar refractivity (Wildman–Crippen MR) is 60.9 cm³/mol. The van der Waals surface area contributed by atoms with Gasteiger partial charge in [-0.05, 0) is 30.3 Å². The number of aromatic hydroxyl groups is 2. The lowest BCUT2D eigenvalue weighted by Crippen LogP contribution is -1.98. The number of nitrogens with zero attached hydrogens (tertiary/aromatic N) is 1. The lowest BCUT2D eigenvalue weighted by atomic mass is 10.1. The maximum Gasteiger partial charge on any atom is 0.146 e. The molecule has 0 aliphatic rings. The minimum absolute atomic E-state index is 0.0932. The van der Waals surface area contributed by atoms with E-state index in [1.54, 1.807) is 36.5 Å². The molecule has 1 heterocycles. The molecule has 1 aromatic heterocycles. The maximum absolute atomic E-state index is 9.91. The van der Waals surface area contributed by atoms with Crippen LogP contribution in [0.3, 0.4) is 0 Å². The summed E-state index contributed by atoms with van der Waals surface area (Å²) in [6, 6.07) is 8.16. The fourth-order valence-electron chi connectivity index (χ4n) is 1.49. The van der Waals surface area contributed by atoms with Crippen molar-refractivity contribution in [2.75, 3.05) is 0 Å². The summed E-state index contributed by atoms with van der Waals surface area (Å²) in [7, 11) is 0. The summed E-state index contributed by atoms with van der Waals surface area (Å²) in [6.07, 6.45) is 1.60. The quantitative estimate of drug-likeness (QED) is 0.712. The van der Waals surface area contributed by atoms with Crippen molar-refractivity contribution in [3.63, 3.8) is 0 Å². The van der Waals surface area contributed by atoms with Crippen LogP contribution in [-0.2, 0) is 6.54 Å². The predicted octanol–water partition coefficient (Wildman–Crippen LogP) is 1.62. The Kier molecular flexibility index (Phi) is 2.74. The van der Waals surface area contributed by atoms with Crippen molar-refractivity contribution in [1.29, 1.82) is 0 Å². The van der Waals surface area contributed by atoms with Crippen LogP contribution in [0, 0.1) is 0 Å². The average Bonchev–Trinajstić information content (AvgIpc) is 2.31. The van der Waals surface area contributed by atoms with Crippen LogP contribution < -0.4 is 5.73 Å². The molecule has 0 radical (unpaired) electrons. The van der Waals surface area contributed by atoms with E-state index in [2.05, 4.69) is 4.98 Å².